The van der Waals surface area contributed by atoms with Gasteiger partial charge in [-0.1, -0.05) is 18.2 Å². The fourth-order valence-corrected chi connectivity index (χ4v) is 4.06. The van der Waals surface area contributed by atoms with Gasteiger partial charge in [-0.25, -0.2) is 9.97 Å². The van der Waals surface area contributed by atoms with E-state index in [9.17, 15) is 0 Å². The standard InChI is InChI=1S/C23H24N6O.3ClH/c1-30-23-19-5-3-2-4-15(19)11-21(28-23)20-10-16(12-26-22(20)24)17-13-27-29(14-17)18-6-8-25-9-7-18;;;/h2-5,10-14,18,25H,6-9H2,1H3,(H2,24,26);3*1H. The SMILES string of the molecule is COc1nc(-c2cc(-c3cnn(C4CCNCC4)c3)cnc2N)cc2ccccc12.Cl.Cl.Cl. The molecule has 0 radical (unpaired) electrons. The zero-order valence-corrected chi connectivity index (χ0v) is 20.6. The van der Waals surface area contributed by atoms with E-state index in [1.165, 1.54) is 0 Å². The molecule has 5 rings (SSSR count). The van der Waals surface area contributed by atoms with Crippen molar-refractivity contribution in [1.29, 1.82) is 0 Å². The van der Waals surface area contributed by atoms with Gasteiger partial charge in [-0.2, -0.15) is 5.10 Å². The van der Waals surface area contributed by atoms with Crippen molar-refractivity contribution in [3.63, 3.8) is 0 Å². The van der Waals surface area contributed by atoms with E-state index in [4.69, 9.17) is 15.5 Å². The first-order valence-corrected chi connectivity index (χ1v) is 10.2. The molecule has 3 N–H and O–H groups in total. The first-order valence-electron chi connectivity index (χ1n) is 10.2. The monoisotopic (exact) mass is 508 g/mol. The predicted molar refractivity (Wildman–Crippen MR) is 140 cm³/mol. The van der Waals surface area contributed by atoms with E-state index >= 15 is 0 Å². The number of nitrogens with one attached hydrogen (secondary N) is 1. The second-order valence-electron chi connectivity index (χ2n) is 7.58. The number of pyridine rings is 2. The van der Waals surface area contributed by atoms with Gasteiger partial charge in [-0.05, 0) is 49.5 Å². The number of ether oxygens (including phenoxy) is 1. The Bertz CT molecular complexity index is 1210. The maximum Gasteiger partial charge on any atom is 0.221 e. The smallest absolute Gasteiger partial charge is 0.221 e. The van der Waals surface area contributed by atoms with Crippen molar-refractivity contribution in [2.75, 3.05) is 25.9 Å². The first-order chi connectivity index (χ1) is 14.7. The number of hydrogen-bond donors (Lipinski definition) is 2. The number of aromatic nitrogens is 4. The number of piperidine rings is 1. The second kappa shape index (κ2) is 11.5. The van der Waals surface area contributed by atoms with Crippen molar-refractivity contribution < 1.29 is 4.74 Å². The van der Waals surface area contributed by atoms with Crippen LogP contribution in [-0.4, -0.2) is 39.9 Å². The molecule has 1 aliphatic heterocycles. The van der Waals surface area contributed by atoms with Gasteiger partial charge in [0.2, 0.25) is 5.88 Å². The molecule has 0 bridgehead atoms. The molecule has 10 heteroatoms. The van der Waals surface area contributed by atoms with Crippen LogP contribution in [-0.2, 0) is 0 Å². The number of nitrogen functional groups attached to an aromatic ring is 1. The average molecular weight is 510 g/mol. The summed E-state index contributed by atoms with van der Waals surface area (Å²) in [7, 11) is 1.63. The van der Waals surface area contributed by atoms with Crippen molar-refractivity contribution in [3.8, 4) is 28.3 Å². The number of fused-ring (bicyclic) bond motifs is 1. The molecule has 0 unspecified atom stereocenters. The number of hydrogen-bond acceptors (Lipinski definition) is 6. The number of rotatable bonds is 4. The highest BCUT2D eigenvalue weighted by atomic mass is 35.5. The lowest BCUT2D eigenvalue weighted by molar-refractivity contribution is 0.343. The Labute approximate surface area is 211 Å². The van der Waals surface area contributed by atoms with Gasteiger partial charge in [0.15, 0.2) is 0 Å². The number of benzene rings is 1. The minimum absolute atomic E-state index is 0. The van der Waals surface area contributed by atoms with E-state index in [0.717, 1.165) is 59.1 Å². The third-order valence-corrected chi connectivity index (χ3v) is 5.71. The molecule has 1 aliphatic rings. The van der Waals surface area contributed by atoms with Gasteiger partial charge in [0.1, 0.15) is 5.82 Å². The molecule has 0 saturated carbocycles. The summed E-state index contributed by atoms with van der Waals surface area (Å²) in [5, 5.41) is 10.0. The molecule has 0 spiro atoms. The number of nitrogens with two attached hydrogens (primary N) is 1. The van der Waals surface area contributed by atoms with E-state index in [1.807, 2.05) is 42.6 Å². The maximum absolute atomic E-state index is 6.24. The number of nitrogens with zero attached hydrogens (tertiary/aromatic N) is 4. The zero-order chi connectivity index (χ0) is 20.5. The molecule has 1 aromatic carbocycles. The summed E-state index contributed by atoms with van der Waals surface area (Å²) in [5.41, 5.74) is 9.75. The third-order valence-electron chi connectivity index (χ3n) is 5.71. The quantitative estimate of drug-likeness (QED) is 0.405. The van der Waals surface area contributed by atoms with Crippen LogP contribution in [0.15, 0.2) is 55.0 Å². The van der Waals surface area contributed by atoms with E-state index in [2.05, 4.69) is 26.3 Å². The van der Waals surface area contributed by atoms with Gasteiger partial charge in [0.25, 0.3) is 0 Å². The summed E-state index contributed by atoms with van der Waals surface area (Å²) in [6.45, 7) is 2.06. The number of halogens is 3. The van der Waals surface area contributed by atoms with Crippen LogP contribution in [0.25, 0.3) is 33.2 Å². The van der Waals surface area contributed by atoms with Crippen LogP contribution in [0.1, 0.15) is 18.9 Å². The highest BCUT2D eigenvalue weighted by Gasteiger charge is 2.17. The molecule has 176 valence electrons. The van der Waals surface area contributed by atoms with Crippen molar-refractivity contribution in [2.45, 2.75) is 18.9 Å². The van der Waals surface area contributed by atoms with Crippen LogP contribution in [0, 0.1) is 0 Å². The van der Waals surface area contributed by atoms with Crippen LogP contribution in [0.5, 0.6) is 5.88 Å². The first kappa shape index (κ1) is 26.7. The van der Waals surface area contributed by atoms with E-state index in [-0.39, 0.29) is 37.2 Å². The highest BCUT2D eigenvalue weighted by Crippen LogP contribution is 2.33. The third kappa shape index (κ3) is 5.33. The van der Waals surface area contributed by atoms with Crippen molar-refractivity contribution in [1.82, 2.24) is 25.1 Å². The van der Waals surface area contributed by atoms with Crippen molar-refractivity contribution in [2.24, 2.45) is 0 Å². The lowest BCUT2D eigenvalue weighted by atomic mass is 10.0. The van der Waals surface area contributed by atoms with Crippen LogP contribution in [0.4, 0.5) is 5.82 Å². The Morgan fingerprint density at radius 1 is 1.03 bits per heavy atom. The number of methoxy groups -OCH3 is 1. The summed E-state index contributed by atoms with van der Waals surface area (Å²) in [5.74, 6) is 1.01. The van der Waals surface area contributed by atoms with Crippen LogP contribution >= 0.6 is 37.2 Å². The van der Waals surface area contributed by atoms with Gasteiger partial charge in [-0.3, -0.25) is 4.68 Å². The lowest BCUT2D eigenvalue weighted by Crippen LogP contribution is -2.29. The molecule has 0 aliphatic carbocycles. The molecule has 4 heterocycles. The van der Waals surface area contributed by atoms with Crippen LogP contribution < -0.4 is 15.8 Å². The minimum Gasteiger partial charge on any atom is -0.481 e. The fraction of sp³-hybridized carbons (Fsp3) is 0.261. The molecular weight excluding hydrogens is 483 g/mol. The molecule has 1 saturated heterocycles. The highest BCUT2D eigenvalue weighted by molar-refractivity contribution is 5.91. The normalized spacial score (nSPS) is 13.5. The zero-order valence-electron chi connectivity index (χ0n) is 18.1. The maximum atomic E-state index is 6.24. The fourth-order valence-electron chi connectivity index (χ4n) is 4.06. The van der Waals surface area contributed by atoms with Gasteiger partial charge in [0, 0.05) is 34.5 Å². The molecular formula is C23H27Cl3N6O. The summed E-state index contributed by atoms with van der Waals surface area (Å²) >= 11 is 0. The van der Waals surface area contributed by atoms with Crippen LogP contribution in [0.3, 0.4) is 0 Å². The second-order valence-corrected chi connectivity index (χ2v) is 7.58. The van der Waals surface area contributed by atoms with E-state index < -0.39 is 0 Å². The van der Waals surface area contributed by atoms with E-state index in [1.54, 1.807) is 13.3 Å². The molecule has 0 atom stereocenters. The molecule has 3 aromatic heterocycles. The molecule has 0 amide bonds. The van der Waals surface area contributed by atoms with Gasteiger partial charge < -0.3 is 15.8 Å². The summed E-state index contributed by atoms with van der Waals surface area (Å²) in [6.07, 6.45) is 7.97. The van der Waals surface area contributed by atoms with Gasteiger partial charge >= 0.3 is 0 Å². The largest absolute Gasteiger partial charge is 0.481 e. The van der Waals surface area contributed by atoms with Crippen molar-refractivity contribution in [3.05, 3.63) is 55.0 Å². The molecule has 7 nitrogen and oxygen atoms in total. The Kier molecular flexibility index (Phi) is 9.31. The summed E-state index contributed by atoms with van der Waals surface area (Å²) in [4.78, 5) is 9.13. The van der Waals surface area contributed by atoms with Crippen molar-refractivity contribution >= 4 is 53.8 Å². The predicted octanol–water partition coefficient (Wildman–Crippen LogP) is 4.94. The Morgan fingerprint density at radius 3 is 2.55 bits per heavy atom. The Balaban J connectivity index is 0.00000128. The van der Waals surface area contributed by atoms with Crippen LogP contribution in [0.2, 0.25) is 0 Å². The topological polar surface area (TPSA) is 90.9 Å². The summed E-state index contributed by atoms with van der Waals surface area (Å²) in [6, 6.07) is 12.5. The molecule has 33 heavy (non-hydrogen) atoms. The number of anilines is 1. The van der Waals surface area contributed by atoms with E-state index in [0.29, 0.717) is 17.7 Å². The van der Waals surface area contributed by atoms with Gasteiger partial charge in [0.05, 0.1) is 25.0 Å². The summed E-state index contributed by atoms with van der Waals surface area (Å²) < 4.78 is 7.60. The molecule has 4 aromatic rings. The Hall–Kier alpha value is -2.58. The molecule has 1 fully saturated rings. The minimum atomic E-state index is 0. The van der Waals surface area contributed by atoms with Gasteiger partial charge in [-0.15, -0.1) is 37.2 Å². The average Bonchev–Trinajstić information content (AvgIpc) is 3.29. The Morgan fingerprint density at radius 2 is 1.79 bits per heavy atom. The lowest BCUT2D eigenvalue weighted by Gasteiger charge is -2.22.